The number of halogens is 1. The highest BCUT2D eigenvalue weighted by Crippen LogP contribution is 2.16. The number of aryl methyl sites for hydroxylation is 1. The van der Waals surface area contributed by atoms with Gasteiger partial charge in [-0.05, 0) is 24.6 Å². The van der Waals surface area contributed by atoms with Gasteiger partial charge >= 0.3 is 0 Å². The van der Waals surface area contributed by atoms with Crippen LogP contribution < -0.4 is 11.1 Å². The number of nitrogens with two attached hydrogens (primary N) is 1. The fourth-order valence-corrected chi connectivity index (χ4v) is 1.87. The van der Waals surface area contributed by atoms with Crippen LogP contribution in [0.1, 0.15) is 16.7 Å². The third-order valence-corrected chi connectivity index (χ3v) is 3.07. The molecule has 0 aliphatic heterocycles. The van der Waals surface area contributed by atoms with Crippen LogP contribution in [0.3, 0.4) is 0 Å². The molecule has 2 rings (SSSR count). The summed E-state index contributed by atoms with van der Waals surface area (Å²) >= 11 is 0. The Hall–Kier alpha value is -2.56. The average Bonchev–Trinajstić information content (AvgIpc) is 2.46. The van der Waals surface area contributed by atoms with Crippen LogP contribution in [0, 0.1) is 12.7 Å². The molecule has 0 atom stereocenters. The highest BCUT2D eigenvalue weighted by Gasteiger charge is 2.06. The van der Waals surface area contributed by atoms with Crippen LogP contribution in [0.15, 0.2) is 47.6 Å². The smallest absolute Gasteiger partial charge is 0.170 e. The second-order valence-electron chi connectivity index (χ2n) is 4.46. The van der Waals surface area contributed by atoms with Gasteiger partial charge in [0.2, 0.25) is 0 Å². The van der Waals surface area contributed by atoms with Crippen molar-refractivity contribution in [1.82, 2.24) is 0 Å². The molecule has 20 heavy (non-hydrogen) atoms. The SMILES string of the molecule is Cc1ccccc1NCc1ccc(C(N)=NO)cc1F. The first-order valence-electron chi connectivity index (χ1n) is 6.17. The van der Waals surface area contributed by atoms with Crippen molar-refractivity contribution in [2.75, 3.05) is 5.32 Å². The largest absolute Gasteiger partial charge is 0.409 e. The first kappa shape index (κ1) is 13.9. The Morgan fingerprint density at radius 2 is 2.05 bits per heavy atom. The molecule has 5 heteroatoms. The van der Waals surface area contributed by atoms with Crippen molar-refractivity contribution in [3.05, 3.63) is 65.0 Å². The molecule has 0 saturated heterocycles. The zero-order chi connectivity index (χ0) is 14.5. The van der Waals surface area contributed by atoms with Crippen molar-refractivity contribution >= 4 is 11.5 Å². The number of nitrogens with one attached hydrogen (secondary N) is 1. The van der Waals surface area contributed by atoms with Crippen LogP contribution in [0.5, 0.6) is 0 Å². The summed E-state index contributed by atoms with van der Waals surface area (Å²) < 4.78 is 13.9. The first-order valence-corrected chi connectivity index (χ1v) is 6.17. The summed E-state index contributed by atoms with van der Waals surface area (Å²) in [6, 6.07) is 12.3. The van der Waals surface area contributed by atoms with Gasteiger partial charge in [0.25, 0.3) is 0 Å². The van der Waals surface area contributed by atoms with Gasteiger partial charge in [-0.3, -0.25) is 0 Å². The molecule has 0 saturated carbocycles. The van der Waals surface area contributed by atoms with Gasteiger partial charge in [0.05, 0.1) is 0 Å². The van der Waals surface area contributed by atoms with Crippen molar-refractivity contribution in [1.29, 1.82) is 0 Å². The molecule has 0 heterocycles. The number of nitrogens with zero attached hydrogens (tertiary/aromatic N) is 1. The second-order valence-corrected chi connectivity index (χ2v) is 4.46. The zero-order valence-corrected chi connectivity index (χ0v) is 11.1. The van der Waals surface area contributed by atoms with E-state index in [4.69, 9.17) is 10.9 Å². The van der Waals surface area contributed by atoms with E-state index in [0.29, 0.717) is 17.7 Å². The fraction of sp³-hybridized carbons (Fsp3) is 0.133. The maximum atomic E-state index is 13.9. The third-order valence-electron chi connectivity index (χ3n) is 3.07. The minimum absolute atomic E-state index is 0.109. The summed E-state index contributed by atoms with van der Waals surface area (Å²) in [5.74, 6) is -0.502. The summed E-state index contributed by atoms with van der Waals surface area (Å²) in [5.41, 5.74) is 8.35. The van der Waals surface area contributed by atoms with E-state index in [2.05, 4.69) is 10.5 Å². The molecule has 0 radical (unpaired) electrons. The Bertz CT molecular complexity index is 641. The van der Waals surface area contributed by atoms with Crippen LogP contribution in [0.25, 0.3) is 0 Å². The molecule has 0 spiro atoms. The summed E-state index contributed by atoms with van der Waals surface area (Å²) in [4.78, 5) is 0. The van der Waals surface area contributed by atoms with Gasteiger partial charge in [-0.15, -0.1) is 0 Å². The third kappa shape index (κ3) is 3.06. The summed E-state index contributed by atoms with van der Waals surface area (Å²) in [7, 11) is 0. The monoisotopic (exact) mass is 273 g/mol. The summed E-state index contributed by atoms with van der Waals surface area (Å²) in [5, 5.41) is 14.6. The highest BCUT2D eigenvalue weighted by atomic mass is 19.1. The molecule has 4 N–H and O–H groups in total. The molecular weight excluding hydrogens is 257 g/mol. The Morgan fingerprint density at radius 3 is 2.70 bits per heavy atom. The van der Waals surface area contributed by atoms with Gasteiger partial charge in [-0.2, -0.15) is 0 Å². The molecule has 4 nitrogen and oxygen atoms in total. The average molecular weight is 273 g/mol. The number of amidine groups is 1. The second kappa shape index (κ2) is 6.06. The van der Waals surface area contributed by atoms with Gasteiger partial charge in [0, 0.05) is 23.4 Å². The number of oxime groups is 1. The zero-order valence-electron chi connectivity index (χ0n) is 11.1. The van der Waals surface area contributed by atoms with E-state index < -0.39 is 5.82 Å². The molecule has 0 unspecified atom stereocenters. The number of anilines is 1. The van der Waals surface area contributed by atoms with E-state index in [1.807, 2.05) is 31.2 Å². The Balaban J connectivity index is 2.13. The molecule has 0 aromatic heterocycles. The number of benzene rings is 2. The number of para-hydroxylation sites is 1. The molecular formula is C15H16FN3O. The van der Waals surface area contributed by atoms with Gasteiger partial charge in [0.15, 0.2) is 5.84 Å². The molecule has 0 amide bonds. The van der Waals surface area contributed by atoms with Crippen LogP contribution in [-0.2, 0) is 6.54 Å². The fourth-order valence-electron chi connectivity index (χ4n) is 1.87. The number of rotatable bonds is 4. The highest BCUT2D eigenvalue weighted by molar-refractivity contribution is 5.97. The lowest BCUT2D eigenvalue weighted by Gasteiger charge is -2.10. The van der Waals surface area contributed by atoms with Crippen LogP contribution in [0.4, 0.5) is 10.1 Å². The minimum Gasteiger partial charge on any atom is -0.409 e. The van der Waals surface area contributed by atoms with Crippen molar-refractivity contribution < 1.29 is 9.60 Å². The van der Waals surface area contributed by atoms with E-state index in [1.54, 1.807) is 12.1 Å². The topological polar surface area (TPSA) is 70.6 Å². The molecule has 104 valence electrons. The maximum absolute atomic E-state index is 13.9. The van der Waals surface area contributed by atoms with Crippen molar-refractivity contribution in [2.24, 2.45) is 10.9 Å². The van der Waals surface area contributed by atoms with E-state index in [1.165, 1.54) is 6.07 Å². The Morgan fingerprint density at radius 1 is 1.30 bits per heavy atom. The lowest BCUT2D eigenvalue weighted by Crippen LogP contribution is -2.14. The molecule has 0 aliphatic carbocycles. The van der Waals surface area contributed by atoms with Crippen LogP contribution in [-0.4, -0.2) is 11.0 Å². The van der Waals surface area contributed by atoms with E-state index in [0.717, 1.165) is 11.3 Å². The standard InChI is InChI=1S/C15H16FN3O/c1-10-4-2-3-5-14(10)18-9-12-7-6-11(8-13(12)16)15(17)19-20/h2-8,18,20H,9H2,1H3,(H2,17,19). The van der Waals surface area contributed by atoms with E-state index in [9.17, 15) is 4.39 Å². The molecule has 2 aromatic rings. The van der Waals surface area contributed by atoms with Gasteiger partial charge in [0.1, 0.15) is 5.82 Å². The van der Waals surface area contributed by atoms with E-state index in [-0.39, 0.29) is 5.84 Å². The molecule has 0 bridgehead atoms. The molecule has 0 fully saturated rings. The lowest BCUT2D eigenvalue weighted by molar-refractivity contribution is 0.318. The molecule has 2 aromatic carbocycles. The number of hydrogen-bond donors (Lipinski definition) is 3. The van der Waals surface area contributed by atoms with E-state index >= 15 is 0 Å². The minimum atomic E-state index is -0.393. The predicted molar refractivity (Wildman–Crippen MR) is 77.4 cm³/mol. The van der Waals surface area contributed by atoms with Crippen molar-refractivity contribution in [3.63, 3.8) is 0 Å². The van der Waals surface area contributed by atoms with Gasteiger partial charge in [-0.1, -0.05) is 35.5 Å². The van der Waals surface area contributed by atoms with Crippen molar-refractivity contribution in [3.8, 4) is 0 Å². The lowest BCUT2D eigenvalue weighted by atomic mass is 10.1. The summed E-state index contributed by atoms with van der Waals surface area (Å²) in [6.45, 7) is 2.35. The Labute approximate surface area is 116 Å². The first-order chi connectivity index (χ1) is 9.61. The van der Waals surface area contributed by atoms with Gasteiger partial charge in [-0.25, -0.2) is 4.39 Å². The van der Waals surface area contributed by atoms with Gasteiger partial charge < -0.3 is 16.3 Å². The summed E-state index contributed by atoms with van der Waals surface area (Å²) in [6.07, 6.45) is 0. The maximum Gasteiger partial charge on any atom is 0.170 e. The number of hydrogen-bond acceptors (Lipinski definition) is 3. The molecule has 0 aliphatic rings. The Kier molecular flexibility index (Phi) is 4.20. The van der Waals surface area contributed by atoms with Crippen molar-refractivity contribution in [2.45, 2.75) is 13.5 Å². The predicted octanol–water partition coefficient (Wildman–Crippen LogP) is 2.84. The quantitative estimate of drug-likeness (QED) is 0.347. The van der Waals surface area contributed by atoms with Crippen LogP contribution >= 0.6 is 0 Å². The van der Waals surface area contributed by atoms with Crippen LogP contribution in [0.2, 0.25) is 0 Å². The normalized spacial score (nSPS) is 11.4.